The molecule has 0 radical (unpaired) electrons. The monoisotopic (exact) mass is 309 g/mol. The number of aromatic nitrogens is 1. The number of anilines is 2. The number of hydrogen-bond donors (Lipinski definition) is 2. The Balaban J connectivity index is 2.28. The van der Waals surface area contributed by atoms with Crippen LogP contribution >= 0.6 is 15.9 Å². The Morgan fingerprint density at radius 1 is 1.39 bits per heavy atom. The fourth-order valence-corrected chi connectivity index (χ4v) is 1.81. The van der Waals surface area contributed by atoms with Crippen LogP contribution in [0.25, 0.3) is 0 Å². The van der Waals surface area contributed by atoms with Gasteiger partial charge in [-0.3, -0.25) is 9.78 Å². The first-order valence-corrected chi connectivity index (χ1v) is 5.83. The number of nitrogens with two attached hydrogens (primary N) is 1. The molecule has 0 fully saturated rings. The van der Waals surface area contributed by atoms with E-state index in [0.29, 0.717) is 15.7 Å². The maximum Gasteiger partial charge on any atom is 0.256 e. The van der Waals surface area contributed by atoms with Gasteiger partial charge in [-0.15, -0.1) is 0 Å². The van der Waals surface area contributed by atoms with Crippen molar-refractivity contribution in [2.24, 2.45) is 0 Å². The molecule has 6 heteroatoms. The summed E-state index contributed by atoms with van der Waals surface area (Å²) in [6, 6.07) is 6.22. The van der Waals surface area contributed by atoms with Gasteiger partial charge in [0.2, 0.25) is 0 Å². The number of pyridine rings is 1. The van der Waals surface area contributed by atoms with Crippen molar-refractivity contribution in [2.45, 2.75) is 0 Å². The summed E-state index contributed by atoms with van der Waals surface area (Å²) < 4.78 is 13.9. The Morgan fingerprint density at radius 3 is 2.89 bits per heavy atom. The summed E-state index contributed by atoms with van der Waals surface area (Å²) >= 11 is 3.24. The van der Waals surface area contributed by atoms with Gasteiger partial charge in [0, 0.05) is 16.4 Å². The quantitative estimate of drug-likeness (QED) is 0.838. The van der Waals surface area contributed by atoms with Crippen LogP contribution in [-0.2, 0) is 0 Å². The van der Waals surface area contributed by atoms with Crippen molar-refractivity contribution in [2.75, 3.05) is 11.1 Å². The number of nitrogen functional groups attached to an aromatic ring is 1. The zero-order valence-electron chi connectivity index (χ0n) is 9.15. The molecule has 1 heterocycles. The number of nitrogens with one attached hydrogen (secondary N) is 1. The Bertz CT molecular complexity index is 604. The van der Waals surface area contributed by atoms with Gasteiger partial charge in [-0.05, 0) is 40.2 Å². The molecule has 0 unspecified atom stereocenters. The minimum Gasteiger partial charge on any atom is -0.399 e. The van der Waals surface area contributed by atoms with Crippen LogP contribution in [-0.4, -0.2) is 10.9 Å². The van der Waals surface area contributed by atoms with Gasteiger partial charge in [-0.25, -0.2) is 4.39 Å². The first-order chi connectivity index (χ1) is 8.58. The highest BCUT2D eigenvalue weighted by atomic mass is 79.9. The summed E-state index contributed by atoms with van der Waals surface area (Å²) in [5.41, 5.74) is 6.47. The fourth-order valence-electron chi connectivity index (χ4n) is 1.38. The van der Waals surface area contributed by atoms with E-state index in [0.717, 1.165) is 6.20 Å². The van der Waals surface area contributed by atoms with Crippen LogP contribution in [0, 0.1) is 5.82 Å². The van der Waals surface area contributed by atoms with Crippen LogP contribution < -0.4 is 11.1 Å². The van der Waals surface area contributed by atoms with Crippen LogP contribution in [0.2, 0.25) is 0 Å². The molecule has 0 aliphatic heterocycles. The zero-order valence-corrected chi connectivity index (χ0v) is 10.7. The molecule has 0 aliphatic carbocycles. The average molecular weight is 310 g/mol. The lowest BCUT2D eigenvalue weighted by Crippen LogP contribution is -2.14. The lowest BCUT2D eigenvalue weighted by atomic mass is 10.2. The van der Waals surface area contributed by atoms with Crippen molar-refractivity contribution in [1.29, 1.82) is 0 Å². The number of carbonyl (C=O) groups excluding carboxylic acids is 1. The Hall–Kier alpha value is -1.95. The molecule has 1 aromatic carbocycles. The van der Waals surface area contributed by atoms with Gasteiger partial charge in [0.25, 0.3) is 5.91 Å². The van der Waals surface area contributed by atoms with Gasteiger partial charge >= 0.3 is 0 Å². The second-order valence-corrected chi connectivity index (χ2v) is 4.40. The number of carbonyl (C=O) groups is 1. The topological polar surface area (TPSA) is 68.0 Å². The molecular formula is C12H9BrFN3O. The van der Waals surface area contributed by atoms with E-state index in [4.69, 9.17) is 5.73 Å². The van der Waals surface area contributed by atoms with Gasteiger partial charge in [-0.2, -0.15) is 0 Å². The van der Waals surface area contributed by atoms with Gasteiger partial charge in [-0.1, -0.05) is 0 Å². The molecular weight excluding hydrogens is 301 g/mol. The van der Waals surface area contributed by atoms with Crippen LogP contribution in [0.4, 0.5) is 15.8 Å². The lowest BCUT2D eigenvalue weighted by molar-refractivity contribution is 0.102. The highest BCUT2D eigenvalue weighted by molar-refractivity contribution is 9.10. The molecule has 0 saturated carbocycles. The third kappa shape index (κ3) is 2.65. The number of nitrogens with zero attached hydrogens (tertiary/aromatic N) is 1. The van der Waals surface area contributed by atoms with E-state index in [1.807, 2.05) is 0 Å². The number of rotatable bonds is 2. The minimum atomic E-state index is -0.592. The van der Waals surface area contributed by atoms with Crippen LogP contribution in [0.1, 0.15) is 10.4 Å². The largest absolute Gasteiger partial charge is 0.399 e. The van der Waals surface area contributed by atoms with Crippen LogP contribution in [0.5, 0.6) is 0 Å². The van der Waals surface area contributed by atoms with Crippen molar-refractivity contribution in [1.82, 2.24) is 4.98 Å². The van der Waals surface area contributed by atoms with Gasteiger partial charge in [0.1, 0.15) is 0 Å². The molecule has 1 amide bonds. The fraction of sp³-hybridized carbons (Fsp3) is 0. The smallest absolute Gasteiger partial charge is 0.256 e. The molecule has 4 nitrogen and oxygen atoms in total. The van der Waals surface area contributed by atoms with Crippen molar-refractivity contribution < 1.29 is 9.18 Å². The normalized spacial score (nSPS) is 10.1. The van der Waals surface area contributed by atoms with Crippen LogP contribution in [0.3, 0.4) is 0 Å². The molecule has 92 valence electrons. The third-order valence-corrected chi connectivity index (χ3v) is 2.95. The Kier molecular flexibility index (Phi) is 3.57. The molecule has 0 atom stereocenters. The zero-order chi connectivity index (χ0) is 13.1. The maximum absolute atomic E-state index is 13.3. The second-order valence-electron chi connectivity index (χ2n) is 3.55. The van der Waals surface area contributed by atoms with Gasteiger partial charge < -0.3 is 11.1 Å². The summed E-state index contributed by atoms with van der Waals surface area (Å²) in [7, 11) is 0. The Labute approximate surface area is 111 Å². The molecule has 0 spiro atoms. The van der Waals surface area contributed by atoms with Crippen molar-refractivity contribution in [3.8, 4) is 0 Å². The number of amides is 1. The number of halogens is 2. The molecule has 18 heavy (non-hydrogen) atoms. The molecule has 0 bridgehead atoms. The molecule has 1 aromatic heterocycles. The van der Waals surface area contributed by atoms with E-state index < -0.39 is 11.7 Å². The molecule has 2 aromatic rings. The SMILES string of the molecule is Nc1ccc(Br)c(C(=O)Nc2ccncc2F)c1. The van der Waals surface area contributed by atoms with Gasteiger partial charge in [0.05, 0.1) is 17.4 Å². The van der Waals surface area contributed by atoms with E-state index in [1.54, 1.807) is 12.1 Å². The summed E-state index contributed by atoms with van der Waals surface area (Å²) in [5, 5.41) is 2.46. The first kappa shape index (κ1) is 12.5. The van der Waals surface area contributed by atoms with E-state index in [9.17, 15) is 9.18 Å². The predicted octanol–water partition coefficient (Wildman–Crippen LogP) is 2.82. The van der Waals surface area contributed by atoms with E-state index in [-0.39, 0.29) is 5.69 Å². The molecule has 2 rings (SSSR count). The minimum absolute atomic E-state index is 0.0734. The third-order valence-electron chi connectivity index (χ3n) is 2.26. The highest BCUT2D eigenvalue weighted by Crippen LogP contribution is 2.21. The summed E-state index contributed by atoms with van der Waals surface area (Å²) in [6.45, 7) is 0. The maximum atomic E-state index is 13.3. The van der Waals surface area contributed by atoms with Gasteiger partial charge in [0.15, 0.2) is 5.82 Å². The summed E-state index contributed by atoms with van der Waals surface area (Å²) in [4.78, 5) is 15.6. The predicted molar refractivity (Wildman–Crippen MR) is 70.7 cm³/mol. The average Bonchev–Trinajstić information content (AvgIpc) is 2.35. The van der Waals surface area contributed by atoms with Crippen molar-refractivity contribution in [3.63, 3.8) is 0 Å². The molecule has 0 saturated heterocycles. The number of benzene rings is 1. The van der Waals surface area contributed by atoms with E-state index in [1.165, 1.54) is 18.3 Å². The van der Waals surface area contributed by atoms with E-state index in [2.05, 4.69) is 26.2 Å². The van der Waals surface area contributed by atoms with Crippen LogP contribution in [0.15, 0.2) is 41.1 Å². The van der Waals surface area contributed by atoms with Crippen molar-refractivity contribution >= 4 is 33.2 Å². The van der Waals surface area contributed by atoms with E-state index >= 15 is 0 Å². The Morgan fingerprint density at radius 2 is 2.17 bits per heavy atom. The van der Waals surface area contributed by atoms with Crippen molar-refractivity contribution in [3.05, 3.63) is 52.5 Å². The molecule has 0 aliphatic rings. The molecule has 3 N–H and O–H groups in total. The lowest BCUT2D eigenvalue weighted by Gasteiger charge is -2.08. The summed E-state index contributed by atoms with van der Waals surface area (Å²) in [6.07, 6.45) is 2.43. The highest BCUT2D eigenvalue weighted by Gasteiger charge is 2.12. The first-order valence-electron chi connectivity index (χ1n) is 5.04. The number of hydrogen-bond acceptors (Lipinski definition) is 3. The standard InChI is InChI=1S/C12H9BrFN3O/c13-9-2-1-7(15)5-8(9)12(18)17-11-3-4-16-6-10(11)14/h1-6H,15H2,(H,16,17,18). The summed E-state index contributed by atoms with van der Waals surface area (Å²) in [5.74, 6) is -1.04. The second kappa shape index (κ2) is 5.14.